The molecule has 1 saturated heterocycles. The number of hydrogen-bond donors (Lipinski definition) is 2. The molecule has 0 atom stereocenters. The molecule has 4 heteroatoms. The zero-order chi connectivity index (χ0) is 6.91. The van der Waals surface area contributed by atoms with Gasteiger partial charge in [-0.15, -0.1) is 0 Å². The van der Waals surface area contributed by atoms with Gasteiger partial charge in [0.25, 0.3) is 0 Å². The monoisotopic (exact) mass is 130 g/mol. The summed E-state index contributed by atoms with van der Waals surface area (Å²) in [6.07, 6.45) is 0. The summed E-state index contributed by atoms with van der Waals surface area (Å²) in [5, 5.41) is 2.89. The van der Waals surface area contributed by atoms with E-state index in [4.69, 9.17) is 5.73 Å². The lowest BCUT2D eigenvalue weighted by Gasteiger charge is -2.35. The lowest BCUT2D eigenvalue weighted by Crippen LogP contribution is -2.70. The second-order valence-corrected chi connectivity index (χ2v) is 2.25. The third-order valence-electron chi connectivity index (χ3n) is 1.47. The SMILES string of the molecule is COC(=O)C1(N)CNC1. The van der Waals surface area contributed by atoms with E-state index in [1.807, 2.05) is 0 Å². The van der Waals surface area contributed by atoms with E-state index in [9.17, 15) is 4.79 Å². The minimum atomic E-state index is -0.741. The van der Waals surface area contributed by atoms with E-state index >= 15 is 0 Å². The molecule has 0 aromatic rings. The molecule has 1 heterocycles. The average Bonchev–Trinajstić information content (AvgIpc) is 1.81. The van der Waals surface area contributed by atoms with Crippen LogP contribution in [0.3, 0.4) is 0 Å². The van der Waals surface area contributed by atoms with Crippen LogP contribution in [0, 0.1) is 0 Å². The molecule has 0 bridgehead atoms. The van der Waals surface area contributed by atoms with Crippen LogP contribution in [0.15, 0.2) is 0 Å². The highest BCUT2D eigenvalue weighted by molar-refractivity contribution is 5.82. The fourth-order valence-electron chi connectivity index (χ4n) is 0.742. The normalized spacial score (nSPS) is 22.4. The number of esters is 1. The van der Waals surface area contributed by atoms with Crippen LogP contribution < -0.4 is 11.1 Å². The van der Waals surface area contributed by atoms with Crippen molar-refractivity contribution in [3.63, 3.8) is 0 Å². The summed E-state index contributed by atoms with van der Waals surface area (Å²) in [5.74, 6) is -0.332. The Morgan fingerprint density at radius 3 is 2.44 bits per heavy atom. The van der Waals surface area contributed by atoms with Crippen molar-refractivity contribution in [3.05, 3.63) is 0 Å². The molecule has 0 aromatic heterocycles. The largest absolute Gasteiger partial charge is 0.468 e. The van der Waals surface area contributed by atoms with Crippen molar-refractivity contribution in [1.29, 1.82) is 0 Å². The average molecular weight is 130 g/mol. The zero-order valence-electron chi connectivity index (χ0n) is 5.31. The molecule has 0 aromatic carbocycles. The van der Waals surface area contributed by atoms with Crippen LogP contribution in [0.1, 0.15) is 0 Å². The van der Waals surface area contributed by atoms with Crippen molar-refractivity contribution < 1.29 is 9.53 Å². The Balaban J connectivity index is 2.49. The van der Waals surface area contributed by atoms with E-state index in [-0.39, 0.29) is 5.97 Å². The number of nitrogens with two attached hydrogens (primary N) is 1. The Kier molecular flexibility index (Phi) is 1.42. The van der Waals surface area contributed by atoms with Crippen molar-refractivity contribution in [2.75, 3.05) is 20.2 Å². The Bertz CT molecular complexity index is 131. The number of ether oxygens (including phenoxy) is 1. The first-order valence-corrected chi connectivity index (χ1v) is 2.77. The molecule has 0 unspecified atom stereocenters. The van der Waals surface area contributed by atoms with E-state index in [0.717, 1.165) is 0 Å². The highest BCUT2D eigenvalue weighted by Gasteiger charge is 2.41. The second-order valence-electron chi connectivity index (χ2n) is 2.25. The van der Waals surface area contributed by atoms with Gasteiger partial charge in [-0.05, 0) is 0 Å². The van der Waals surface area contributed by atoms with Gasteiger partial charge in [-0.1, -0.05) is 0 Å². The molecular formula is C5H10N2O2. The molecule has 0 spiro atoms. The molecule has 1 fully saturated rings. The summed E-state index contributed by atoms with van der Waals surface area (Å²) in [6.45, 7) is 1.05. The minimum Gasteiger partial charge on any atom is -0.468 e. The van der Waals surface area contributed by atoms with Gasteiger partial charge in [0.05, 0.1) is 7.11 Å². The smallest absolute Gasteiger partial charge is 0.328 e. The fourth-order valence-corrected chi connectivity index (χ4v) is 0.742. The van der Waals surface area contributed by atoms with Gasteiger partial charge in [-0.25, -0.2) is 4.79 Å². The van der Waals surface area contributed by atoms with Gasteiger partial charge < -0.3 is 15.8 Å². The summed E-state index contributed by atoms with van der Waals surface area (Å²) in [6, 6.07) is 0. The number of hydrogen-bond acceptors (Lipinski definition) is 4. The molecule has 4 nitrogen and oxygen atoms in total. The predicted molar refractivity (Wildman–Crippen MR) is 31.8 cm³/mol. The zero-order valence-corrected chi connectivity index (χ0v) is 5.31. The van der Waals surface area contributed by atoms with Crippen LogP contribution in [0.25, 0.3) is 0 Å². The molecule has 52 valence electrons. The Morgan fingerprint density at radius 1 is 1.78 bits per heavy atom. The first-order valence-electron chi connectivity index (χ1n) is 2.77. The first-order chi connectivity index (χ1) is 4.19. The van der Waals surface area contributed by atoms with E-state index < -0.39 is 5.54 Å². The maximum Gasteiger partial charge on any atom is 0.328 e. The van der Waals surface area contributed by atoms with E-state index in [0.29, 0.717) is 13.1 Å². The first kappa shape index (κ1) is 6.51. The number of rotatable bonds is 1. The number of methoxy groups -OCH3 is 1. The maximum absolute atomic E-state index is 10.7. The Hall–Kier alpha value is -0.610. The van der Waals surface area contributed by atoms with Crippen LogP contribution in [-0.2, 0) is 9.53 Å². The van der Waals surface area contributed by atoms with Gasteiger partial charge in [-0.3, -0.25) is 0 Å². The topological polar surface area (TPSA) is 64.3 Å². The van der Waals surface area contributed by atoms with Gasteiger partial charge in [0.15, 0.2) is 0 Å². The van der Waals surface area contributed by atoms with Gasteiger partial charge in [-0.2, -0.15) is 0 Å². The van der Waals surface area contributed by atoms with Gasteiger partial charge in [0.2, 0.25) is 0 Å². The van der Waals surface area contributed by atoms with Gasteiger partial charge in [0, 0.05) is 13.1 Å². The fraction of sp³-hybridized carbons (Fsp3) is 0.800. The number of carbonyl (C=O) groups excluding carboxylic acids is 1. The van der Waals surface area contributed by atoms with E-state index in [1.54, 1.807) is 0 Å². The molecule has 1 aliphatic heterocycles. The molecule has 0 radical (unpaired) electrons. The van der Waals surface area contributed by atoms with E-state index in [2.05, 4.69) is 10.1 Å². The molecule has 3 N–H and O–H groups in total. The van der Waals surface area contributed by atoms with Crippen molar-refractivity contribution >= 4 is 5.97 Å². The van der Waals surface area contributed by atoms with Crippen molar-refractivity contribution in [2.45, 2.75) is 5.54 Å². The third-order valence-corrected chi connectivity index (χ3v) is 1.47. The van der Waals surface area contributed by atoms with Crippen LogP contribution in [0.5, 0.6) is 0 Å². The lowest BCUT2D eigenvalue weighted by atomic mass is 9.94. The standard InChI is InChI=1S/C5H10N2O2/c1-9-4(8)5(6)2-7-3-5/h7H,2-3,6H2,1H3. The highest BCUT2D eigenvalue weighted by Crippen LogP contribution is 2.07. The summed E-state index contributed by atoms with van der Waals surface area (Å²) in [7, 11) is 1.34. The summed E-state index contributed by atoms with van der Waals surface area (Å²) in [5.41, 5.74) is 4.78. The van der Waals surface area contributed by atoms with Gasteiger partial charge >= 0.3 is 5.97 Å². The van der Waals surface area contributed by atoms with Gasteiger partial charge in [0.1, 0.15) is 5.54 Å². The molecule has 0 amide bonds. The van der Waals surface area contributed by atoms with Crippen molar-refractivity contribution in [3.8, 4) is 0 Å². The highest BCUT2D eigenvalue weighted by atomic mass is 16.5. The maximum atomic E-state index is 10.7. The Labute approximate surface area is 53.4 Å². The van der Waals surface area contributed by atoms with Crippen LogP contribution in [0.4, 0.5) is 0 Å². The van der Waals surface area contributed by atoms with Crippen molar-refractivity contribution in [1.82, 2.24) is 5.32 Å². The molecular weight excluding hydrogens is 120 g/mol. The van der Waals surface area contributed by atoms with Crippen molar-refractivity contribution in [2.24, 2.45) is 5.73 Å². The molecule has 0 aliphatic carbocycles. The van der Waals surface area contributed by atoms with Crippen LogP contribution in [-0.4, -0.2) is 31.7 Å². The molecule has 9 heavy (non-hydrogen) atoms. The number of carbonyl (C=O) groups is 1. The van der Waals surface area contributed by atoms with Crippen LogP contribution in [0.2, 0.25) is 0 Å². The van der Waals surface area contributed by atoms with Crippen LogP contribution >= 0.6 is 0 Å². The summed E-state index contributed by atoms with van der Waals surface area (Å²) in [4.78, 5) is 10.7. The Morgan fingerprint density at radius 2 is 2.33 bits per heavy atom. The summed E-state index contributed by atoms with van der Waals surface area (Å²) < 4.78 is 4.45. The minimum absolute atomic E-state index is 0.332. The molecule has 0 saturated carbocycles. The molecule has 1 aliphatic rings. The number of nitrogens with one attached hydrogen (secondary N) is 1. The second kappa shape index (κ2) is 1.97. The lowest BCUT2D eigenvalue weighted by molar-refractivity contribution is -0.149. The predicted octanol–water partition coefficient (Wildman–Crippen LogP) is -1.54. The third kappa shape index (κ3) is 0.906. The van der Waals surface area contributed by atoms with E-state index in [1.165, 1.54) is 7.11 Å². The quantitative estimate of drug-likeness (QED) is 0.422. The summed E-state index contributed by atoms with van der Waals surface area (Å²) >= 11 is 0. The molecule has 1 rings (SSSR count).